The van der Waals surface area contributed by atoms with Crippen LogP contribution in [0.2, 0.25) is 0 Å². The highest BCUT2D eigenvalue weighted by atomic mass is 16.4. The second-order valence-corrected chi connectivity index (χ2v) is 5.10. The van der Waals surface area contributed by atoms with Gasteiger partial charge in [-0.05, 0) is 25.0 Å². The smallest absolute Gasteiger partial charge is 0.303 e. The van der Waals surface area contributed by atoms with Gasteiger partial charge in [-0.25, -0.2) is 4.98 Å². The van der Waals surface area contributed by atoms with E-state index in [2.05, 4.69) is 10.3 Å². The molecular weight excluding hydrogens is 270 g/mol. The second kappa shape index (κ2) is 6.39. The van der Waals surface area contributed by atoms with Crippen LogP contribution in [0.3, 0.4) is 0 Å². The van der Waals surface area contributed by atoms with Crippen molar-refractivity contribution in [2.45, 2.75) is 26.7 Å². The average Bonchev–Trinajstić information content (AvgIpc) is 2.88. The normalized spacial score (nSPS) is 12.3. The van der Waals surface area contributed by atoms with Crippen molar-refractivity contribution in [2.24, 2.45) is 5.92 Å². The first-order valence-corrected chi connectivity index (χ1v) is 6.96. The Balaban J connectivity index is 2.05. The fraction of sp³-hybridized carbons (Fsp3) is 0.400. The van der Waals surface area contributed by atoms with Crippen molar-refractivity contribution in [1.82, 2.24) is 14.7 Å². The van der Waals surface area contributed by atoms with E-state index >= 15 is 0 Å². The van der Waals surface area contributed by atoms with E-state index in [9.17, 15) is 9.59 Å². The van der Waals surface area contributed by atoms with E-state index in [0.29, 0.717) is 18.7 Å². The molecule has 0 fully saturated rings. The minimum absolute atomic E-state index is 0.0566. The zero-order valence-electron chi connectivity index (χ0n) is 12.2. The summed E-state index contributed by atoms with van der Waals surface area (Å²) in [6.07, 6.45) is 2.45. The minimum Gasteiger partial charge on any atom is -0.481 e. The number of nitrogens with one attached hydrogen (secondary N) is 1. The van der Waals surface area contributed by atoms with E-state index in [1.165, 1.54) is 0 Å². The second-order valence-electron chi connectivity index (χ2n) is 5.10. The van der Waals surface area contributed by atoms with Gasteiger partial charge in [0, 0.05) is 24.9 Å². The number of amides is 1. The minimum atomic E-state index is -0.848. The molecule has 0 aromatic carbocycles. The molecule has 2 heterocycles. The van der Waals surface area contributed by atoms with E-state index in [1.807, 2.05) is 36.4 Å². The number of aliphatic carboxylic acids is 1. The lowest BCUT2D eigenvalue weighted by Gasteiger charge is -2.12. The summed E-state index contributed by atoms with van der Waals surface area (Å²) < 4.78 is 1.85. The van der Waals surface area contributed by atoms with Gasteiger partial charge in [-0.3, -0.25) is 9.59 Å². The zero-order valence-corrected chi connectivity index (χ0v) is 12.2. The molecule has 2 N–H and O–H groups in total. The zero-order chi connectivity index (χ0) is 15.4. The molecule has 2 rings (SSSR count). The quantitative estimate of drug-likeness (QED) is 0.850. The van der Waals surface area contributed by atoms with E-state index < -0.39 is 5.97 Å². The molecule has 0 spiro atoms. The molecule has 2 aromatic heterocycles. The topological polar surface area (TPSA) is 83.7 Å². The number of carbonyl (C=O) groups excluding carboxylic acids is 1. The monoisotopic (exact) mass is 289 g/mol. The summed E-state index contributed by atoms with van der Waals surface area (Å²) in [6, 6.07) is 5.67. The summed E-state index contributed by atoms with van der Waals surface area (Å²) in [4.78, 5) is 27.1. The van der Waals surface area contributed by atoms with Crippen molar-refractivity contribution in [1.29, 1.82) is 0 Å². The van der Waals surface area contributed by atoms with Crippen LogP contribution in [0.5, 0.6) is 0 Å². The van der Waals surface area contributed by atoms with Gasteiger partial charge in [0.05, 0.1) is 0 Å². The van der Waals surface area contributed by atoms with Crippen molar-refractivity contribution < 1.29 is 14.7 Å². The number of carbonyl (C=O) groups is 2. The van der Waals surface area contributed by atoms with E-state index in [1.54, 1.807) is 6.20 Å². The Hall–Kier alpha value is -2.37. The van der Waals surface area contributed by atoms with Gasteiger partial charge in [0.2, 0.25) is 0 Å². The molecule has 6 heteroatoms. The Morgan fingerprint density at radius 3 is 2.81 bits per heavy atom. The third-order valence-corrected chi connectivity index (χ3v) is 3.52. The van der Waals surface area contributed by atoms with Crippen LogP contribution in [0.1, 0.15) is 35.9 Å². The predicted octanol–water partition coefficient (Wildman–Crippen LogP) is 1.87. The summed E-state index contributed by atoms with van der Waals surface area (Å²) >= 11 is 0. The molecule has 0 saturated carbocycles. The van der Waals surface area contributed by atoms with Gasteiger partial charge in [0.25, 0.3) is 5.91 Å². The Bertz CT molecular complexity index is 663. The van der Waals surface area contributed by atoms with Gasteiger partial charge >= 0.3 is 5.97 Å². The number of aromatic nitrogens is 2. The molecule has 0 radical (unpaired) electrons. The van der Waals surface area contributed by atoms with Crippen LogP contribution in [0.15, 0.2) is 24.4 Å². The van der Waals surface area contributed by atoms with Gasteiger partial charge in [-0.15, -0.1) is 0 Å². The van der Waals surface area contributed by atoms with Crippen LogP contribution in [0.4, 0.5) is 0 Å². The van der Waals surface area contributed by atoms with Gasteiger partial charge in [-0.2, -0.15) is 0 Å². The van der Waals surface area contributed by atoms with Gasteiger partial charge in [0.15, 0.2) is 0 Å². The molecule has 0 aliphatic rings. The molecule has 6 nitrogen and oxygen atoms in total. The first-order chi connectivity index (χ1) is 10.0. The molecule has 1 atom stereocenters. The highest BCUT2D eigenvalue weighted by Gasteiger charge is 2.15. The number of pyridine rings is 1. The summed E-state index contributed by atoms with van der Waals surface area (Å²) in [5, 5.41) is 11.6. The molecular formula is C15H19N3O3. The average molecular weight is 289 g/mol. The standard InChI is InChI=1S/C15H19N3O3/c1-3-11(7-14(19)20)8-16-15(21)12-9-18-10(2)5-4-6-13(18)17-12/h4-6,9,11H,3,7-8H2,1-2H3,(H,16,21)(H,19,20). The Labute approximate surface area is 122 Å². The predicted molar refractivity (Wildman–Crippen MR) is 78.3 cm³/mol. The van der Waals surface area contributed by atoms with Crippen LogP contribution in [0.25, 0.3) is 5.65 Å². The lowest BCUT2D eigenvalue weighted by Crippen LogP contribution is -2.30. The van der Waals surface area contributed by atoms with Crippen molar-refractivity contribution in [3.63, 3.8) is 0 Å². The highest BCUT2D eigenvalue weighted by molar-refractivity contribution is 5.92. The maximum absolute atomic E-state index is 12.1. The van der Waals surface area contributed by atoms with Crippen LogP contribution >= 0.6 is 0 Å². The van der Waals surface area contributed by atoms with Gasteiger partial charge in [-0.1, -0.05) is 19.4 Å². The Kier molecular flexibility index (Phi) is 4.57. The maximum atomic E-state index is 12.1. The number of nitrogens with zero attached hydrogens (tertiary/aromatic N) is 2. The molecule has 2 aromatic rings. The largest absolute Gasteiger partial charge is 0.481 e. The first-order valence-electron chi connectivity index (χ1n) is 6.96. The number of hydrogen-bond donors (Lipinski definition) is 2. The fourth-order valence-electron chi connectivity index (χ4n) is 2.19. The Morgan fingerprint density at radius 1 is 1.43 bits per heavy atom. The van der Waals surface area contributed by atoms with Gasteiger partial charge in [0.1, 0.15) is 11.3 Å². The molecule has 0 aliphatic heterocycles. The summed E-state index contributed by atoms with van der Waals surface area (Å²) in [5.41, 5.74) is 2.06. The van der Waals surface area contributed by atoms with Crippen molar-refractivity contribution in [3.05, 3.63) is 35.8 Å². The van der Waals surface area contributed by atoms with E-state index in [-0.39, 0.29) is 18.2 Å². The molecule has 1 unspecified atom stereocenters. The maximum Gasteiger partial charge on any atom is 0.303 e. The number of hydrogen-bond acceptors (Lipinski definition) is 3. The van der Waals surface area contributed by atoms with Crippen molar-refractivity contribution in [2.75, 3.05) is 6.54 Å². The first kappa shape index (κ1) is 15.0. The Morgan fingerprint density at radius 2 is 2.19 bits per heavy atom. The van der Waals surface area contributed by atoms with Crippen molar-refractivity contribution in [3.8, 4) is 0 Å². The lowest BCUT2D eigenvalue weighted by molar-refractivity contribution is -0.138. The van der Waals surface area contributed by atoms with Crippen LogP contribution in [-0.2, 0) is 4.79 Å². The molecule has 1 amide bonds. The number of carboxylic acid groups (broad SMARTS) is 1. The molecule has 112 valence electrons. The number of rotatable bonds is 6. The molecule has 0 bridgehead atoms. The SMILES string of the molecule is CCC(CNC(=O)c1cn2c(C)cccc2n1)CC(=O)O. The third-order valence-electron chi connectivity index (χ3n) is 3.52. The fourth-order valence-corrected chi connectivity index (χ4v) is 2.19. The number of fused-ring (bicyclic) bond motifs is 1. The van der Waals surface area contributed by atoms with E-state index in [4.69, 9.17) is 5.11 Å². The number of carboxylic acids is 1. The number of aryl methyl sites for hydroxylation is 1. The van der Waals surface area contributed by atoms with Crippen molar-refractivity contribution >= 4 is 17.5 Å². The van der Waals surface area contributed by atoms with Crippen LogP contribution in [-0.4, -0.2) is 32.9 Å². The molecule has 0 saturated heterocycles. The van der Waals surface area contributed by atoms with Crippen LogP contribution in [0, 0.1) is 12.8 Å². The highest BCUT2D eigenvalue weighted by Crippen LogP contribution is 2.10. The lowest BCUT2D eigenvalue weighted by atomic mass is 10.0. The van der Waals surface area contributed by atoms with Crippen LogP contribution < -0.4 is 5.32 Å². The number of imidazole rings is 1. The summed E-state index contributed by atoms with van der Waals surface area (Å²) in [6.45, 7) is 4.19. The van der Waals surface area contributed by atoms with E-state index in [0.717, 1.165) is 11.3 Å². The third kappa shape index (κ3) is 3.59. The van der Waals surface area contributed by atoms with Gasteiger partial charge < -0.3 is 14.8 Å². The summed E-state index contributed by atoms with van der Waals surface area (Å²) in [7, 11) is 0. The molecule has 0 aliphatic carbocycles. The summed E-state index contributed by atoms with van der Waals surface area (Å²) in [5.74, 6) is -1.19. The molecule has 21 heavy (non-hydrogen) atoms.